The molecule has 0 radical (unpaired) electrons. The van der Waals surface area contributed by atoms with Crippen molar-refractivity contribution < 1.29 is 0 Å². The Balaban J connectivity index is 3.12. The number of hydrogen-bond acceptors (Lipinski definition) is 0. The maximum atomic E-state index is 3.69. The predicted octanol–water partition coefficient (Wildman–Crippen LogP) is 4.26. The Morgan fingerprint density at radius 1 is 1.00 bits per heavy atom. The molecule has 0 aliphatic carbocycles. The summed E-state index contributed by atoms with van der Waals surface area (Å²) in [7, 11) is 0. The number of hydrogen-bond donors (Lipinski definition) is 0. The predicted molar refractivity (Wildman–Crippen MR) is 57.2 cm³/mol. The van der Waals surface area contributed by atoms with Crippen LogP contribution in [0.25, 0.3) is 0 Å². The number of unbranched alkanes of at least 4 members (excludes halogenated alkanes) is 3. The highest BCUT2D eigenvalue weighted by atomic mass is 13.9. The van der Waals surface area contributed by atoms with Crippen LogP contribution in [0, 0.1) is 0 Å². The van der Waals surface area contributed by atoms with Crippen molar-refractivity contribution in [3.63, 3.8) is 0 Å². The fourth-order valence-electron chi connectivity index (χ4n) is 0.940. The molecule has 0 fully saturated rings. The molecule has 68 valence electrons. The molecule has 0 aliphatic heterocycles. The smallest absolute Gasteiger partial charge is 0.0347 e. The van der Waals surface area contributed by atoms with Gasteiger partial charge in [-0.05, 0) is 32.1 Å². The van der Waals surface area contributed by atoms with Crippen molar-refractivity contribution in [2.75, 3.05) is 0 Å². The van der Waals surface area contributed by atoms with Gasteiger partial charge in [0.1, 0.15) is 0 Å². The van der Waals surface area contributed by atoms with Gasteiger partial charge in [0, 0.05) is 0 Å². The Bertz CT molecular complexity index is 140. The van der Waals surface area contributed by atoms with E-state index in [1.165, 1.54) is 19.3 Å². The summed E-state index contributed by atoms with van der Waals surface area (Å²) < 4.78 is 0. The molecule has 0 aliphatic rings. The molecule has 0 aromatic rings. The Morgan fingerprint density at radius 2 is 1.67 bits per heavy atom. The standard InChI is InChI=1S/C12H20/c1-3-5-7-9-11-12-10-8-6-4-2/h3,6,8,10,12H,1,4-5,7,9,11H2,2H3/b8-6+,12-10+. The molecule has 0 aromatic heterocycles. The Morgan fingerprint density at radius 3 is 2.33 bits per heavy atom. The largest absolute Gasteiger partial charge is 0.103 e. The summed E-state index contributed by atoms with van der Waals surface area (Å²) in [6.45, 7) is 5.84. The maximum Gasteiger partial charge on any atom is -0.0347 e. The molecule has 0 heteroatoms. The molecule has 0 bridgehead atoms. The number of allylic oxidation sites excluding steroid dienone is 5. The van der Waals surface area contributed by atoms with Gasteiger partial charge >= 0.3 is 0 Å². The zero-order chi connectivity index (χ0) is 9.07. The van der Waals surface area contributed by atoms with Crippen LogP contribution in [0.2, 0.25) is 0 Å². The van der Waals surface area contributed by atoms with E-state index in [-0.39, 0.29) is 0 Å². The van der Waals surface area contributed by atoms with Crippen molar-refractivity contribution in [2.24, 2.45) is 0 Å². The van der Waals surface area contributed by atoms with Crippen molar-refractivity contribution in [2.45, 2.75) is 39.0 Å². The average molecular weight is 164 g/mol. The van der Waals surface area contributed by atoms with Crippen LogP contribution in [0.4, 0.5) is 0 Å². The SMILES string of the molecule is C=CCCCC/C=C/C=C/CC. The molecular formula is C12H20. The summed E-state index contributed by atoms with van der Waals surface area (Å²) in [5, 5.41) is 0. The van der Waals surface area contributed by atoms with E-state index in [2.05, 4.69) is 37.8 Å². The summed E-state index contributed by atoms with van der Waals surface area (Å²) in [4.78, 5) is 0. The first-order chi connectivity index (χ1) is 5.91. The van der Waals surface area contributed by atoms with Crippen molar-refractivity contribution in [3.8, 4) is 0 Å². The summed E-state index contributed by atoms with van der Waals surface area (Å²) in [6.07, 6.45) is 16.7. The van der Waals surface area contributed by atoms with E-state index in [0.717, 1.165) is 12.8 Å². The lowest BCUT2D eigenvalue weighted by Crippen LogP contribution is -1.70. The zero-order valence-corrected chi connectivity index (χ0v) is 8.13. The van der Waals surface area contributed by atoms with Gasteiger partial charge in [0.05, 0.1) is 0 Å². The highest BCUT2D eigenvalue weighted by Gasteiger charge is 1.80. The lowest BCUT2D eigenvalue weighted by molar-refractivity contribution is 0.763. The molecular weight excluding hydrogens is 144 g/mol. The Labute approximate surface area is 76.7 Å². The van der Waals surface area contributed by atoms with E-state index in [1.54, 1.807) is 0 Å². The lowest BCUT2D eigenvalue weighted by atomic mass is 10.2. The van der Waals surface area contributed by atoms with Gasteiger partial charge in [-0.3, -0.25) is 0 Å². The van der Waals surface area contributed by atoms with Gasteiger partial charge in [-0.1, -0.05) is 37.3 Å². The van der Waals surface area contributed by atoms with Crippen LogP contribution in [0.1, 0.15) is 39.0 Å². The minimum atomic E-state index is 1.13. The maximum absolute atomic E-state index is 3.69. The van der Waals surface area contributed by atoms with Crippen molar-refractivity contribution >= 4 is 0 Å². The number of rotatable bonds is 7. The molecule has 0 amide bonds. The van der Waals surface area contributed by atoms with E-state index in [1.807, 2.05) is 6.08 Å². The minimum Gasteiger partial charge on any atom is -0.103 e. The van der Waals surface area contributed by atoms with Crippen molar-refractivity contribution in [1.82, 2.24) is 0 Å². The van der Waals surface area contributed by atoms with E-state index in [4.69, 9.17) is 0 Å². The van der Waals surface area contributed by atoms with Gasteiger partial charge in [0.15, 0.2) is 0 Å². The third-order valence-corrected chi connectivity index (χ3v) is 1.65. The third-order valence-electron chi connectivity index (χ3n) is 1.65. The molecule has 0 N–H and O–H groups in total. The molecule has 0 nitrogen and oxygen atoms in total. The fourth-order valence-corrected chi connectivity index (χ4v) is 0.940. The first kappa shape index (κ1) is 11.2. The monoisotopic (exact) mass is 164 g/mol. The second-order valence-corrected chi connectivity index (χ2v) is 2.84. The molecule has 0 heterocycles. The van der Waals surface area contributed by atoms with E-state index < -0.39 is 0 Å². The molecule has 0 unspecified atom stereocenters. The van der Waals surface area contributed by atoms with Crippen LogP contribution >= 0.6 is 0 Å². The van der Waals surface area contributed by atoms with Crippen LogP contribution in [0.3, 0.4) is 0 Å². The van der Waals surface area contributed by atoms with Gasteiger partial charge in [-0.15, -0.1) is 6.58 Å². The summed E-state index contributed by atoms with van der Waals surface area (Å²) in [6, 6.07) is 0. The first-order valence-corrected chi connectivity index (χ1v) is 4.84. The van der Waals surface area contributed by atoms with E-state index >= 15 is 0 Å². The van der Waals surface area contributed by atoms with E-state index in [0.29, 0.717) is 0 Å². The zero-order valence-electron chi connectivity index (χ0n) is 8.13. The molecule has 0 rings (SSSR count). The topological polar surface area (TPSA) is 0 Å². The highest BCUT2D eigenvalue weighted by Crippen LogP contribution is 2.00. The average Bonchev–Trinajstić information content (AvgIpc) is 2.10. The second kappa shape index (κ2) is 10.2. The Hall–Kier alpha value is -0.780. The van der Waals surface area contributed by atoms with Gasteiger partial charge in [0.25, 0.3) is 0 Å². The van der Waals surface area contributed by atoms with Crippen molar-refractivity contribution in [1.29, 1.82) is 0 Å². The third kappa shape index (κ3) is 9.22. The van der Waals surface area contributed by atoms with E-state index in [9.17, 15) is 0 Å². The molecule has 0 aromatic carbocycles. The normalized spacial score (nSPS) is 11.4. The van der Waals surface area contributed by atoms with Crippen LogP contribution in [-0.2, 0) is 0 Å². The van der Waals surface area contributed by atoms with Crippen molar-refractivity contribution in [3.05, 3.63) is 37.0 Å². The molecule has 12 heavy (non-hydrogen) atoms. The summed E-state index contributed by atoms with van der Waals surface area (Å²) in [5.41, 5.74) is 0. The highest BCUT2D eigenvalue weighted by molar-refractivity contribution is 5.01. The molecule has 0 saturated carbocycles. The summed E-state index contributed by atoms with van der Waals surface area (Å²) >= 11 is 0. The van der Waals surface area contributed by atoms with Gasteiger partial charge < -0.3 is 0 Å². The quantitative estimate of drug-likeness (QED) is 0.300. The summed E-state index contributed by atoms with van der Waals surface area (Å²) in [5.74, 6) is 0. The minimum absolute atomic E-state index is 1.13. The molecule has 0 spiro atoms. The molecule has 0 saturated heterocycles. The van der Waals surface area contributed by atoms with Gasteiger partial charge in [0.2, 0.25) is 0 Å². The first-order valence-electron chi connectivity index (χ1n) is 4.84. The Kier molecular flexibility index (Phi) is 9.56. The van der Waals surface area contributed by atoms with Gasteiger partial charge in [-0.25, -0.2) is 0 Å². The second-order valence-electron chi connectivity index (χ2n) is 2.84. The van der Waals surface area contributed by atoms with Crippen LogP contribution in [0.15, 0.2) is 37.0 Å². The lowest BCUT2D eigenvalue weighted by Gasteiger charge is -1.90. The van der Waals surface area contributed by atoms with Crippen LogP contribution < -0.4 is 0 Å². The van der Waals surface area contributed by atoms with Crippen LogP contribution in [0.5, 0.6) is 0 Å². The van der Waals surface area contributed by atoms with Gasteiger partial charge in [-0.2, -0.15) is 0 Å². The van der Waals surface area contributed by atoms with Crippen LogP contribution in [-0.4, -0.2) is 0 Å². The molecule has 0 atom stereocenters. The fraction of sp³-hybridized carbons (Fsp3) is 0.500.